The van der Waals surface area contributed by atoms with E-state index in [4.69, 9.17) is 5.26 Å². The van der Waals surface area contributed by atoms with Crippen LogP contribution in [0.4, 0.5) is 5.82 Å². The van der Waals surface area contributed by atoms with Gasteiger partial charge in [-0.25, -0.2) is 4.98 Å². The van der Waals surface area contributed by atoms with Crippen LogP contribution in [0.1, 0.15) is 39.7 Å². The summed E-state index contributed by atoms with van der Waals surface area (Å²) in [6.45, 7) is 11.8. The molecule has 4 heteroatoms. The van der Waals surface area contributed by atoms with Crippen molar-refractivity contribution in [2.45, 2.75) is 40.2 Å². The van der Waals surface area contributed by atoms with Crippen LogP contribution in [0.2, 0.25) is 0 Å². The Morgan fingerprint density at radius 2 is 2.05 bits per heavy atom. The molecule has 1 aromatic heterocycles. The van der Waals surface area contributed by atoms with Gasteiger partial charge in [-0.15, -0.1) is 0 Å². The number of nitriles is 1. The third kappa shape index (κ3) is 4.82. The highest BCUT2D eigenvalue weighted by Crippen LogP contribution is 2.14. The molecule has 0 amide bonds. The molecular formula is C16H26N4. The summed E-state index contributed by atoms with van der Waals surface area (Å²) >= 11 is 0. The van der Waals surface area contributed by atoms with Crippen molar-refractivity contribution in [3.05, 3.63) is 23.9 Å². The molecule has 0 fully saturated rings. The van der Waals surface area contributed by atoms with Crippen molar-refractivity contribution in [1.82, 2.24) is 9.88 Å². The molecule has 0 spiro atoms. The van der Waals surface area contributed by atoms with Gasteiger partial charge in [0.1, 0.15) is 11.9 Å². The van der Waals surface area contributed by atoms with E-state index in [1.54, 1.807) is 18.3 Å². The van der Waals surface area contributed by atoms with E-state index in [9.17, 15) is 0 Å². The number of nitrogens with one attached hydrogen (secondary N) is 1. The molecule has 0 aliphatic carbocycles. The second-order valence-electron chi connectivity index (χ2n) is 5.40. The third-order valence-electron chi connectivity index (χ3n) is 3.51. The normalized spacial score (nSPS) is 12.4. The predicted octanol–water partition coefficient (Wildman–Crippen LogP) is 3.12. The number of rotatable bonds is 8. The average Bonchev–Trinajstić information content (AvgIpc) is 2.45. The van der Waals surface area contributed by atoms with Gasteiger partial charge in [0.05, 0.1) is 5.56 Å². The number of nitrogens with zero attached hydrogens (tertiary/aromatic N) is 3. The smallest absolute Gasteiger partial charge is 0.143 e. The molecule has 0 radical (unpaired) electrons. The zero-order chi connectivity index (χ0) is 15.0. The van der Waals surface area contributed by atoms with Crippen molar-refractivity contribution in [2.75, 3.05) is 25.0 Å². The van der Waals surface area contributed by atoms with E-state index in [1.807, 2.05) is 0 Å². The van der Waals surface area contributed by atoms with Crippen LogP contribution in [0.25, 0.3) is 0 Å². The van der Waals surface area contributed by atoms with Gasteiger partial charge in [-0.05, 0) is 37.6 Å². The Hall–Kier alpha value is -1.60. The van der Waals surface area contributed by atoms with Crippen molar-refractivity contribution >= 4 is 5.82 Å². The Bertz CT molecular complexity index is 432. The lowest BCUT2D eigenvalue weighted by molar-refractivity contribution is 0.199. The van der Waals surface area contributed by atoms with Crippen LogP contribution in [0.5, 0.6) is 0 Å². The number of hydrogen-bond acceptors (Lipinski definition) is 4. The summed E-state index contributed by atoms with van der Waals surface area (Å²) in [6, 6.07) is 6.24. The molecule has 0 aliphatic rings. The SMILES string of the molecule is CCN(CC)[C@@H](CNc1ncccc1C#N)CC(C)C. The molecule has 1 rings (SSSR count). The van der Waals surface area contributed by atoms with E-state index >= 15 is 0 Å². The second-order valence-corrected chi connectivity index (χ2v) is 5.40. The quantitative estimate of drug-likeness (QED) is 0.791. The molecule has 0 aliphatic heterocycles. The van der Waals surface area contributed by atoms with Gasteiger partial charge in [-0.3, -0.25) is 4.90 Å². The highest BCUT2D eigenvalue weighted by Gasteiger charge is 2.17. The minimum absolute atomic E-state index is 0.471. The van der Waals surface area contributed by atoms with Crippen molar-refractivity contribution in [2.24, 2.45) is 5.92 Å². The lowest BCUT2D eigenvalue weighted by atomic mass is 10.0. The topological polar surface area (TPSA) is 52.0 Å². The zero-order valence-corrected chi connectivity index (χ0v) is 13.1. The van der Waals surface area contributed by atoms with Crippen LogP contribution >= 0.6 is 0 Å². The molecule has 0 aromatic carbocycles. The van der Waals surface area contributed by atoms with Gasteiger partial charge in [-0.2, -0.15) is 5.26 Å². The highest BCUT2D eigenvalue weighted by atomic mass is 15.2. The van der Waals surface area contributed by atoms with Gasteiger partial charge in [0.25, 0.3) is 0 Å². The average molecular weight is 274 g/mol. The van der Waals surface area contributed by atoms with Gasteiger partial charge >= 0.3 is 0 Å². The molecule has 1 atom stereocenters. The van der Waals surface area contributed by atoms with E-state index < -0.39 is 0 Å². The Balaban J connectivity index is 2.73. The largest absolute Gasteiger partial charge is 0.367 e. The van der Waals surface area contributed by atoms with E-state index in [1.165, 1.54) is 0 Å². The molecule has 1 aromatic rings. The van der Waals surface area contributed by atoms with Crippen molar-refractivity contribution in [1.29, 1.82) is 5.26 Å². The van der Waals surface area contributed by atoms with E-state index in [2.05, 4.69) is 49.0 Å². The first-order chi connectivity index (χ1) is 9.62. The molecule has 110 valence electrons. The number of likely N-dealkylation sites (N-methyl/N-ethyl adjacent to an activating group) is 1. The second kappa shape index (κ2) is 8.55. The third-order valence-corrected chi connectivity index (χ3v) is 3.51. The Kier molecular flexibility index (Phi) is 7.03. The van der Waals surface area contributed by atoms with Crippen molar-refractivity contribution in [3.8, 4) is 6.07 Å². The summed E-state index contributed by atoms with van der Waals surface area (Å²) in [5.41, 5.74) is 0.607. The van der Waals surface area contributed by atoms with Gasteiger partial charge < -0.3 is 5.32 Å². The first-order valence-electron chi connectivity index (χ1n) is 7.45. The zero-order valence-electron chi connectivity index (χ0n) is 13.1. The van der Waals surface area contributed by atoms with Crippen LogP contribution < -0.4 is 5.32 Å². The monoisotopic (exact) mass is 274 g/mol. The molecule has 0 saturated carbocycles. The maximum Gasteiger partial charge on any atom is 0.143 e. The molecule has 0 unspecified atom stereocenters. The summed E-state index contributed by atoms with van der Waals surface area (Å²) in [5.74, 6) is 1.34. The summed E-state index contributed by atoms with van der Waals surface area (Å²) in [7, 11) is 0. The fourth-order valence-corrected chi connectivity index (χ4v) is 2.50. The van der Waals surface area contributed by atoms with E-state index in [-0.39, 0.29) is 0 Å². The number of pyridine rings is 1. The molecule has 20 heavy (non-hydrogen) atoms. The first kappa shape index (κ1) is 16.5. The fourth-order valence-electron chi connectivity index (χ4n) is 2.50. The number of hydrogen-bond donors (Lipinski definition) is 1. The minimum Gasteiger partial charge on any atom is -0.367 e. The standard InChI is InChI=1S/C16H26N4/c1-5-20(6-2)15(10-13(3)4)12-19-16-14(11-17)8-7-9-18-16/h7-9,13,15H,5-6,10,12H2,1-4H3,(H,18,19)/t15-/m1/s1. The van der Waals surface area contributed by atoms with Gasteiger partial charge in [0.2, 0.25) is 0 Å². The maximum absolute atomic E-state index is 9.09. The Labute approximate surface area is 122 Å². The van der Waals surface area contributed by atoms with E-state index in [0.717, 1.165) is 26.1 Å². The molecule has 0 saturated heterocycles. The van der Waals surface area contributed by atoms with Gasteiger partial charge in [0.15, 0.2) is 0 Å². The van der Waals surface area contributed by atoms with Gasteiger partial charge in [0, 0.05) is 18.8 Å². The van der Waals surface area contributed by atoms with Crippen LogP contribution in [0.3, 0.4) is 0 Å². The molecule has 1 N–H and O–H groups in total. The maximum atomic E-state index is 9.09. The van der Waals surface area contributed by atoms with Gasteiger partial charge in [-0.1, -0.05) is 27.7 Å². The van der Waals surface area contributed by atoms with Crippen molar-refractivity contribution in [3.63, 3.8) is 0 Å². The number of anilines is 1. The van der Waals surface area contributed by atoms with Crippen LogP contribution in [-0.4, -0.2) is 35.6 Å². The summed E-state index contributed by atoms with van der Waals surface area (Å²) in [6.07, 6.45) is 2.86. The highest BCUT2D eigenvalue weighted by molar-refractivity contribution is 5.51. The fraction of sp³-hybridized carbons (Fsp3) is 0.625. The lowest BCUT2D eigenvalue weighted by Gasteiger charge is -2.31. The summed E-state index contributed by atoms with van der Waals surface area (Å²) < 4.78 is 0. The first-order valence-corrected chi connectivity index (χ1v) is 7.45. The van der Waals surface area contributed by atoms with Crippen LogP contribution in [0, 0.1) is 17.2 Å². The molecule has 4 nitrogen and oxygen atoms in total. The lowest BCUT2D eigenvalue weighted by Crippen LogP contribution is -2.41. The summed E-state index contributed by atoms with van der Waals surface area (Å²) in [5, 5.41) is 12.4. The molecular weight excluding hydrogens is 248 g/mol. The van der Waals surface area contributed by atoms with Crippen molar-refractivity contribution < 1.29 is 0 Å². The Morgan fingerprint density at radius 1 is 1.35 bits per heavy atom. The van der Waals surface area contributed by atoms with Crippen LogP contribution in [0.15, 0.2) is 18.3 Å². The minimum atomic E-state index is 0.471. The molecule has 1 heterocycles. The number of aromatic nitrogens is 1. The van der Waals surface area contributed by atoms with E-state index in [0.29, 0.717) is 23.3 Å². The predicted molar refractivity (Wildman–Crippen MR) is 83.6 cm³/mol. The Morgan fingerprint density at radius 3 is 2.60 bits per heavy atom. The summed E-state index contributed by atoms with van der Waals surface area (Å²) in [4.78, 5) is 6.72. The molecule has 0 bridgehead atoms. The van der Waals surface area contributed by atoms with Crippen LogP contribution in [-0.2, 0) is 0 Å².